The first-order valence-electron chi connectivity index (χ1n) is 5.21. The molecule has 0 aliphatic carbocycles. The number of rotatable bonds is 2. The van der Waals surface area contributed by atoms with Crippen LogP contribution in [0.25, 0.3) is 22.2 Å². The van der Waals surface area contributed by atoms with E-state index >= 15 is 0 Å². The van der Waals surface area contributed by atoms with Crippen molar-refractivity contribution in [1.29, 1.82) is 0 Å². The molecule has 0 saturated heterocycles. The molecule has 0 fully saturated rings. The van der Waals surface area contributed by atoms with Crippen molar-refractivity contribution in [3.05, 3.63) is 41.2 Å². The molecule has 0 unspecified atom stereocenters. The standard InChI is InChI=1S/C12H8ClN3O2/c13-7-5-14-8-3-1-2-6(11(7)8)9-4-10(12(17)18)16-15-9/h1-5,14H,(H,15,16)(H,17,18). The summed E-state index contributed by atoms with van der Waals surface area (Å²) in [5, 5.41) is 16.8. The summed E-state index contributed by atoms with van der Waals surface area (Å²) in [4.78, 5) is 13.9. The van der Waals surface area contributed by atoms with Gasteiger partial charge in [0.1, 0.15) is 5.69 Å². The number of carboxylic acids is 1. The molecule has 18 heavy (non-hydrogen) atoms. The summed E-state index contributed by atoms with van der Waals surface area (Å²) >= 11 is 6.11. The lowest BCUT2D eigenvalue weighted by Crippen LogP contribution is -1.95. The Morgan fingerprint density at radius 1 is 1.39 bits per heavy atom. The Morgan fingerprint density at radius 2 is 2.22 bits per heavy atom. The second kappa shape index (κ2) is 3.89. The molecule has 2 aromatic heterocycles. The van der Waals surface area contributed by atoms with E-state index in [1.807, 2.05) is 18.2 Å². The average molecular weight is 262 g/mol. The third kappa shape index (κ3) is 1.56. The molecule has 0 atom stereocenters. The van der Waals surface area contributed by atoms with Crippen LogP contribution >= 0.6 is 11.6 Å². The Labute approximate surface area is 106 Å². The quantitative estimate of drug-likeness (QED) is 0.663. The number of fused-ring (bicyclic) bond motifs is 1. The van der Waals surface area contributed by atoms with Gasteiger partial charge in [-0.25, -0.2) is 4.79 Å². The highest BCUT2D eigenvalue weighted by atomic mass is 35.5. The largest absolute Gasteiger partial charge is 0.477 e. The van der Waals surface area contributed by atoms with Crippen LogP contribution < -0.4 is 0 Å². The second-order valence-electron chi connectivity index (χ2n) is 3.84. The fourth-order valence-corrected chi connectivity index (χ4v) is 2.18. The highest BCUT2D eigenvalue weighted by Gasteiger charge is 2.13. The van der Waals surface area contributed by atoms with Crippen LogP contribution in [0.15, 0.2) is 30.5 Å². The van der Waals surface area contributed by atoms with Crippen LogP contribution in [0.5, 0.6) is 0 Å². The molecular weight excluding hydrogens is 254 g/mol. The molecule has 0 radical (unpaired) electrons. The van der Waals surface area contributed by atoms with E-state index in [9.17, 15) is 4.79 Å². The summed E-state index contributed by atoms with van der Waals surface area (Å²) in [5.41, 5.74) is 2.29. The normalized spacial score (nSPS) is 10.9. The highest BCUT2D eigenvalue weighted by Crippen LogP contribution is 2.32. The summed E-state index contributed by atoms with van der Waals surface area (Å²) in [6, 6.07) is 7.10. The van der Waals surface area contributed by atoms with Crippen LogP contribution in [-0.4, -0.2) is 26.3 Å². The van der Waals surface area contributed by atoms with Gasteiger partial charge in [0.2, 0.25) is 0 Å². The number of hydrogen-bond acceptors (Lipinski definition) is 2. The lowest BCUT2D eigenvalue weighted by atomic mass is 10.1. The maximum absolute atomic E-state index is 10.8. The Balaban J connectivity index is 2.24. The van der Waals surface area contributed by atoms with Gasteiger partial charge in [-0.05, 0) is 12.1 Å². The summed E-state index contributed by atoms with van der Waals surface area (Å²) in [5.74, 6) is -1.04. The number of halogens is 1. The highest BCUT2D eigenvalue weighted by molar-refractivity contribution is 6.36. The molecule has 0 aliphatic rings. The van der Waals surface area contributed by atoms with Crippen LogP contribution in [0.4, 0.5) is 0 Å². The summed E-state index contributed by atoms with van der Waals surface area (Å²) in [6.07, 6.45) is 1.69. The van der Waals surface area contributed by atoms with E-state index in [1.54, 1.807) is 6.20 Å². The van der Waals surface area contributed by atoms with Crippen molar-refractivity contribution in [2.24, 2.45) is 0 Å². The van der Waals surface area contributed by atoms with E-state index in [4.69, 9.17) is 16.7 Å². The molecular formula is C12H8ClN3O2. The molecule has 0 amide bonds. The van der Waals surface area contributed by atoms with Crippen molar-refractivity contribution in [3.8, 4) is 11.3 Å². The third-order valence-corrected chi connectivity index (χ3v) is 3.04. The SMILES string of the molecule is O=C(O)c1cc(-c2cccc3[nH]cc(Cl)c23)n[nH]1. The van der Waals surface area contributed by atoms with Gasteiger partial charge in [0.25, 0.3) is 0 Å². The van der Waals surface area contributed by atoms with E-state index in [2.05, 4.69) is 15.2 Å². The van der Waals surface area contributed by atoms with Crippen molar-refractivity contribution in [3.63, 3.8) is 0 Å². The minimum absolute atomic E-state index is 0.0497. The first kappa shape index (κ1) is 10.9. The fourth-order valence-electron chi connectivity index (χ4n) is 1.93. The molecule has 2 heterocycles. The molecule has 0 spiro atoms. The molecule has 1 aromatic carbocycles. The van der Waals surface area contributed by atoms with Crippen molar-refractivity contribution >= 4 is 28.5 Å². The lowest BCUT2D eigenvalue weighted by molar-refractivity contribution is 0.0690. The van der Waals surface area contributed by atoms with Gasteiger partial charge >= 0.3 is 5.97 Å². The fraction of sp³-hybridized carbons (Fsp3) is 0. The minimum Gasteiger partial charge on any atom is -0.477 e. The van der Waals surface area contributed by atoms with E-state index in [1.165, 1.54) is 6.07 Å². The number of carboxylic acid groups (broad SMARTS) is 1. The zero-order valence-electron chi connectivity index (χ0n) is 9.07. The Bertz CT molecular complexity index is 745. The van der Waals surface area contributed by atoms with Gasteiger partial charge in [0.15, 0.2) is 0 Å². The molecule has 90 valence electrons. The number of hydrogen-bond donors (Lipinski definition) is 3. The predicted octanol–water partition coefficient (Wildman–Crippen LogP) is 2.91. The first-order valence-corrected chi connectivity index (χ1v) is 5.59. The Hall–Kier alpha value is -2.27. The zero-order valence-corrected chi connectivity index (χ0v) is 9.82. The number of benzene rings is 1. The smallest absolute Gasteiger partial charge is 0.353 e. The predicted molar refractivity (Wildman–Crippen MR) is 67.8 cm³/mol. The van der Waals surface area contributed by atoms with Crippen molar-refractivity contribution in [2.45, 2.75) is 0 Å². The van der Waals surface area contributed by atoms with E-state index in [0.29, 0.717) is 10.7 Å². The number of aromatic amines is 2. The van der Waals surface area contributed by atoms with E-state index in [0.717, 1.165) is 16.5 Å². The van der Waals surface area contributed by atoms with Gasteiger partial charge in [-0.2, -0.15) is 5.10 Å². The van der Waals surface area contributed by atoms with E-state index < -0.39 is 5.97 Å². The van der Waals surface area contributed by atoms with Gasteiger partial charge in [-0.3, -0.25) is 5.10 Å². The lowest BCUT2D eigenvalue weighted by Gasteiger charge is -1.99. The van der Waals surface area contributed by atoms with Crippen molar-refractivity contribution in [2.75, 3.05) is 0 Å². The van der Waals surface area contributed by atoms with Gasteiger partial charge < -0.3 is 10.1 Å². The number of aromatic carboxylic acids is 1. The molecule has 0 bridgehead atoms. The molecule has 5 nitrogen and oxygen atoms in total. The maximum atomic E-state index is 10.8. The molecule has 0 aliphatic heterocycles. The van der Waals surface area contributed by atoms with Gasteiger partial charge in [-0.1, -0.05) is 23.7 Å². The average Bonchev–Trinajstić information content (AvgIpc) is 2.96. The third-order valence-electron chi connectivity index (χ3n) is 2.74. The number of aromatic nitrogens is 3. The van der Waals surface area contributed by atoms with Gasteiger partial charge in [0.05, 0.1) is 10.7 Å². The first-order chi connectivity index (χ1) is 8.66. The molecule has 3 N–H and O–H groups in total. The summed E-state index contributed by atoms with van der Waals surface area (Å²) in [7, 11) is 0. The molecule has 6 heteroatoms. The summed E-state index contributed by atoms with van der Waals surface area (Å²) in [6.45, 7) is 0. The van der Waals surface area contributed by atoms with Crippen LogP contribution in [0.2, 0.25) is 5.02 Å². The number of nitrogens with one attached hydrogen (secondary N) is 2. The van der Waals surface area contributed by atoms with Crippen LogP contribution in [0.1, 0.15) is 10.5 Å². The molecule has 3 aromatic rings. The monoisotopic (exact) mass is 261 g/mol. The molecule has 0 saturated carbocycles. The number of nitrogens with zero attached hydrogens (tertiary/aromatic N) is 1. The van der Waals surface area contributed by atoms with Gasteiger partial charge in [0, 0.05) is 22.7 Å². The van der Waals surface area contributed by atoms with Crippen LogP contribution in [-0.2, 0) is 0 Å². The van der Waals surface area contributed by atoms with Crippen molar-refractivity contribution in [1.82, 2.24) is 15.2 Å². The summed E-state index contributed by atoms with van der Waals surface area (Å²) < 4.78 is 0. The minimum atomic E-state index is -1.04. The second-order valence-corrected chi connectivity index (χ2v) is 4.24. The Kier molecular flexibility index (Phi) is 2.34. The number of H-pyrrole nitrogens is 2. The van der Waals surface area contributed by atoms with Crippen LogP contribution in [0, 0.1) is 0 Å². The zero-order chi connectivity index (χ0) is 12.7. The van der Waals surface area contributed by atoms with Gasteiger partial charge in [-0.15, -0.1) is 0 Å². The topological polar surface area (TPSA) is 81.8 Å². The molecule has 3 rings (SSSR count). The van der Waals surface area contributed by atoms with Crippen molar-refractivity contribution < 1.29 is 9.90 Å². The van der Waals surface area contributed by atoms with E-state index in [-0.39, 0.29) is 5.69 Å². The van der Waals surface area contributed by atoms with Crippen LogP contribution in [0.3, 0.4) is 0 Å². The Morgan fingerprint density at radius 3 is 2.94 bits per heavy atom. The number of carbonyl (C=O) groups is 1. The maximum Gasteiger partial charge on any atom is 0.353 e.